The molecule has 3 aromatic rings. The van der Waals surface area contributed by atoms with Crippen LogP contribution in [0, 0.1) is 20.8 Å². The van der Waals surface area contributed by atoms with Crippen LogP contribution in [-0.4, -0.2) is 4.98 Å². The Morgan fingerprint density at radius 3 is 2.35 bits per heavy atom. The van der Waals surface area contributed by atoms with Crippen molar-refractivity contribution in [2.24, 2.45) is 0 Å². The van der Waals surface area contributed by atoms with Crippen LogP contribution in [0.5, 0.6) is 0 Å². The molecule has 0 bridgehead atoms. The summed E-state index contributed by atoms with van der Waals surface area (Å²) in [7, 11) is 0. The van der Waals surface area contributed by atoms with Crippen LogP contribution < -0.4 is 0 Å². The van der Waals surface area contributed by atoms with E-state index in [1.807, 2.05) is 6.20 Å². The van der Waals surface area contributed by atoms with E-state index in [1.54, 1.807) is 11.3 Å². The SMILES string of the molecule is Cc1cc(C)c(-c2ccnc(-c3cccs3)c2)c(C)c1. The second-order valence-electron chi connectivity index (χ2n) is 5.18. The lowest BCUT2D eigenvalue weighted by molar-refractivity contribution is 1.30. The van der Waals surface area contributed by atoms with Crippen LogP contribution in [0.1, 0.15) is 16.7 Å². The summed E-state index contributed by atoms with van der Waals surface area (Å²) in [5, 5.41) is 2.09. The molecule has 0 aliphatic rings. The fraction of sp³-hybridized carbons (Fsp3) is 0.167. The molecular weight excluding hydrogens is 262 g/mol. The second-order valence-corrected chi connectivity index (χ2v) is 6.13. The van der Waals surface area contributed by atoms with Crippen molar-refractivity contribution >= 4 is 11.3 Å². The van der Waals surface area contributed by atoms with Gasteiger partial charge in [-0.15, -0.1) is 11.3 Å². The number of rotatable bonds is 2. The molecule has 0 aliphatic heterocycles. The van der Waals surface area contributed by atoms with Gasteiger partial charge in [-0.25, -0.2) is 0 Å². The van der Waals surface area contributed by atoms with Gasteiger partial charge in [-0.2, -0.15) is 0 Å². The average Bonchev–Trinajstić information content (AvgIpc) is 2.91. The maximum Gasteiger partial charge on any atom is 0.0807 e. The Kier molecular flexibility index (Phi) is 3.41. The number of thiophene rings is 1. The van der Waals surface area contributed by atoms with Gasteiger partial charge in [-0.1, -0.05) is 23.8 Å². The molecule has 0 fully saturated rings. The quantitative estimate of drug-likeness (QED) is 0.612. The molecule has 0 atom stereocenters. The van der Waals surface area contributed by atoms with E-state index in [1.165, 1.54) is 32.7 Å². The van der Waals surface area contributed by atoms with E-state index in [2.05, 4.69) is 67.5 Å². The molecule has 0 radical (unpaired) electrons. The Bertz CT molecular complexity index is 719. The Morgan fingerprint density at radius 1 is 0.950 bits per heavy atom. The third kappa shape index (κ3) is 2.39. The molecule has 20 heavy (non-hydrogen) atoms. The normalized spacial score (nSPS) is 10.8. The monoisotopic (exact) mass is 279 g/mol. The van der Waals surface area contributed by atoms with Crippen LogP contribution in [0.4, 0.5) is 0 Å². The van der Waals surface area contributed by atoms with E-state index in [0.29, 0.717) is 0 Å². The predicted molar refractivity (Wildman–Crippen MR) is 87.2 cm³/mol. The number of benzene rings is 1. The topological polar surface area (TPSA) is 12.9 Å². The highest BCUT2D eigenvalue weighted by molar-refractivity contribution is 7.13. The van der Waals surface area contributed by atoms with Gasteiger partial charge in [-0.05, 0) is 66.6 Å². The smallest absolute Gasteiger partial charge is 0.0807 e. The summed E-state index contributed by atoms with van der Waals surface area (Å²) in [6.45, 7) is 6.51. The molecule has 2 aromatic heterocycles. The number of hydrogen-bond donors (Lipinski definition) is 0. The maximum atomic E-state index is 4.49. The minimum absolute atomic E-state index is 1.05. The van der Waals surface area contributed by atoms with Crippen LogP contribution >= 0.6 is 11.3 Å². The maximum absolute atomic E-state index is 4.49. The van der Waals surface area contributed by atoms with E-state index < -0.39 is 0 Å². The number of hydrogen-bond acceptors (Lipinski definition) is 2. The van der Waals surface area contributed by atoms with E-state index >= 15 is 0 Å². The number of aryl methyl sites for hydroxylation is 3. The summed E-state index contributed by atoms with van der Waals surface area (Å²) in [5.74, 6) is 0. The third-order valence-electron chi connectivity index (χ3n) is 3.50. The number of nitrogens with zero attached hydrogens (tertiary/aromatic N) is 1. The first kappa shape index (κ1) is 13.1. The first-order chi connectivity index (χ1) is 9.65. The summed E-state index contributed by atoms with van der Waals surface area (Å²) in [6, 6.07) is 13.0. The van der Waals surface area contributed by atoms with Crippen molar-refractivity contribution in [3.63, 3.8) is 0 Å². The fourth-order valence-electron chi connectivity index (χ4n) is 2.78. The first-order valence-electron chi connectivity index (χ1n) is 6.73. The molecule has 0 unspecified atom stereocenters. The molecule has 0 spiro atoms. The van der Waals surface area contributed by atoms with Crippen LogP contribution in [-0.2, 0) is 0 Å². The van der Waals surface area contributed by atoms with Crippen molar-refractivity contribution in [1.29, 1.82) is 0 Å². The molecule has 0 saturated heterocycles. The highest BCUT2D eigenvalue weighted by Gasteiger charge is 2.09. The fourth-order valence-corrected chi connectivity index (χ4v) is 3.47. The molecule has 0 N–H and O–H groups in total. The third-order valence-corrected chi connectivity index (χ3v) is 4.39. The standard InChI is InChI=1S/C18H17NS/c1-12-9-13(2)18(14(3)10-12)15-6-7-19-16(11-15)17-5-4-8-20-17/h4-11H,1-3H3. The van der Waals surface area contributed by atoms with Gasteiger partial charge in [0.2, 0.25) is 0 Å². The zero-order valence-corrected chi connectivity index (χ0v) is 12.8. The van der Waals surface area contributed by atoms with E-state index in [0.717, 1.165) is 5.69 Å². The molecule has 3 rings (SSSR count). The van der Waals surface area contributed by atoms with Crippen molar-refractivity contribution in [1.82, 2.24) is 4.98 Å². The lowest BCUT2D eigenvalue weighted by Gasteiger charge is -2.12. The summed E-state index contributed by atoms with van der Waals surface area (Å²) in [6.07, 6.45) is 1.91. The van der Waals surface area contributed by atoms with Gasteiger partial charge in [0.1, 0.15) is 0 Å². The zero-order valence-electron chi connectivity index (χ0n) is 12.0. The van der Waals surface area contributed by atoms with Crippen molar-refractivity contribution < 1.29 is 0 Å². The number of aromatic nitrogens is 1. The largest absolute Gasteiger partial charge is 0.255 e. The first-order valence-corrected chi connectivity index (χ1v) is 7.61. The van der Waals surface area contributed by atoms with Crippen LogP contribution in [0.25, 0.3) is 21.7 Å². The Labute approximate surface area is 124 Å². The highest BCUT2D eigenvalue weighted by atomic mass is 32.1. The van der Waals surface area contributed by atoms with Crippen molar-refractivity contribution in [2.45, 2.75) is 20.8 Å². The van der Waals surface area contributed by atoms with E-state index in [4.69, 9.17) is 0 Å². The van der Waals surface area contributed by atoms with Gasteiger partial charge < -0.3 is 0 Å². The molecule has 1 nitrogen and oxygen atoms in total. The average molecular weight is 279 g/mol. The van der Waals surface area contributed by atoms with E-state index in [9.17, 15) is 0 Å². The lowest BCUT2D eigenvalue weighted by Crippen LogP contribution is -1.91. The summed E-state index contributed by atoms with van der Waals surface area (Å²) in [4.78, 5) is 5.71. The Morgan fingerprint density at radius 2 is 1.70 bits per heavy atom. The Hall–Kier alpha value is -1.93. The molecule has 0 aliphatic carbocycles. The summed E-state index contributed by atoms with van der Waals surface area (Å²) >= 11 is 1.73. The van der Waals surface area contributed by atoms with Gasteiger partial charge in [0, 0.05) is 6.20 Å². The van der Waals surface area contributed by atoms with Crippen LogP contribution in [0.15, 0.2) is 48.0 Å². The minimum atomic E-state index is 1.05. The van der Waals surface area contributed by atoms with Crippen molar-refractivity contribution in [3.05, 3.63) is 64.7 Å². The van der Waals surface area contributed by atoms with Crippen LogP contribution in [0.3, 0.4) is 0 Å². The molecule has 100 valence electrons. The van der Waals surface area contributed by atoms with Gasteiger partial charge in [0.15, 0.2) is 0 Å². The van der Waals surface area contributed by atoms with Crippen molar-refractivity contribution in [3.8, 4) is 21.7 Å². The zero-order chi connectivity index (χ0) is 14.1. The molecule has 2 heteroatoms. The van der Waals surface area contributed by atoms with Crippen molar-refractivity contribution in [2.75, 3.05) is 0 Å². The van der Waals surface area contributed by atoms with Crippen LogP contribution in [0.2, 0.25) is 0 Å². The summed E-state index contributed by atoms with van der Waals surface area (Å²) in [5.41, 5.74) is 7.60. The molecular formula is C18H17NS. The van der Waals surface area contributed by atoms with Gasteiger partial charge in [0.05, 0.1) is 10.6 Å². The van der Waals surface area contributed by atoms with E-state index in [-0.39, 0.29) is 0 Å². The molecule has 0 amide bonds. The second kappa shape index (κ2) is 5.22. The predicted octanol–water partition coefficient (Wildman–Crippen LogP) is 5.40. The van der Waals surface area contributed by atoms with Gasteiger partial charge >= 0.3 is 0 Å². The number of pyridine rings is 1. The highest BCUT2D eigenvalue weighted by Crippen LogP contribution is 2.31. The minimum Gasteiger partial charge on any atom is -0.255 e. The van der Waals surface area contributed by atoms with Gasteiger partial charge in [0.25, 0.3) is 0 Å². The molecule has 2 heterocycles. The molecule has 1 aromatic carbocycles. The summed E-state index contributed by atoms with van der Waals surface area (Å²) < 4.78 is 0. The lowest BCUT2D eigenvalue weighted by atomic mass is 9.94. The van der Waals surface area contributed by atoms with Gasteiger partial charge in [-0.3, -0.25) is 4.98 Å². The molecule has 0 saturated carbocycles. The Balaban J connectivity index is 2.14.